The number of para-hydroxylation sites is 1. The maximum absolute atomic E-state index is 6.38. The Balaban J connectivity index is 1.29. The van der Waals surface area contributed by atoms with Crippen LogP contribution in [-0.4, -0.2) is 49.2 Å². The van der Waals surface area contributed by atoms with E-state index in [4.69, 9.17) is 20.6 Å². The minimum atomic E-state index is -0.355. The van der Waals surface area contributed by atoms with E-state index < -0.39 is 0 Å². The lowest BCUT2D eigenvalue weighted by atomic mass is 9.84. The minimum Gasteiger partial charge on any atom is -0.383 e. The second kappa shape index (κ2) is 6.78. The first-order valence-corrected chi connectivity index (χ1v) is 10.6. The number of aryl methyl sites for hydroxylation is 1. The highest BCUT2D eigenvalue weighted by Crippen LogP contribution is 2.41. The van der Waals surface area contributed by atoms with E-state index in [0.717, 1.165) is 61.4 Å². The summed E-state index contributed by atoms with van der Waals surface area (Å²) in [6.07, 6.45) is 6.42. The van der Waals surface area contributed by atoms with Crippen LogP contribution in [-0.2, 0) is 23.8 Å². The van der Waals surface area contributed by atoms with Gasteiger partial charge in [0.2, 0.25) is 5.95 Å². The van der Waals surface area contributed by atoms with E-state index >= 15 is 0 Å². The second-order valence-electron chi connectivity index (χ2n) is 8.28. The molecular weight excluding hydrogens is 392 g/mol. The van der Waals surface area contributed by atoms with Gasteiger partial charge in [-0.25, -0.2) is 4.68 Å². The van der Waals surface area contributed by atoms with Gasteiger partial charge in [-0.05, 0) is 37.0 Å². The molecule has 5 heterocycles. The van der Waals surface area contributed by atoms with Crippen molar-refractivity contribution in [1.82, 2.24) is 29.5 Å². The fourth-order valence-corrected chi connectivity index (χ4v) is 4.74. The van der Waals surface area contributed by atoms with E-state index in [1.165, 1.54) is 5.56 Å². The molecule has 4 aromatic rings. The van der Waals surface area contributed by atoms with Crippen LogP contribution in [0.15, 0.2) is 42.7 Å². The van der Waals surface area contributed by atoms with E-state index in [1.54, 1.807) is 10.9 Å². The van der Waals surface area contributed by atoms with Crippen LogP contribution in [0.4, 0.5) is 11.8 Å². The minimum absolute atomic E-state index is 0.355. The number of piperidine rings is 1. The third-order valence-electron chi connectivity index (χ3n) is 6.46. The molecule has 31 heavy (non-hydrogen) atoms. The largest absolute Gasteiger partial charge is 0.383 e. The number of hydrogen-bond acceptors (Lipinski definition) is 7. The van der Waals surface area contributed by atoms with E-state index in [9.17, 15) is 0 Å². The fraction of sp³-hybridized carbons (Fsp3) is 0.364. The predicted octanol–water partition coefficient (Wildman–Crippen LogP) is 2.20. The zero-order valence-electron chi connectivity index (χ0n) is 17.4. The van der Waals surface area contributed by atoms with Gasteiger partial charge in [-0.2, -0.15) is 20.2 Å². The van der Waals surface area contributed by atoms with Crippen LogP contribution in [0, 0.1) is 0 Å². The van der Waals surface area contributed by atoms with Gasteiger partial charge in [0.1, 0.15) is 11.4 Å². The van der Waals surface area contributed by atoms with Crippen molar-refractivity contribution in [2.45, 2.75) is 24.9 Å². The van der Waals surface area contributed by atoms with Gasteiger partial charge in [0.15, 0.2) is 5.65 Å². The highest BCUT2D eigenvalue weighted by Gasteiger charge is 2.43. The zero-order valence-corrected chi connectivity index (χ0v) is 17.4. The number of anilines is 2. The van der Waals surface area contributed by atoms with Crippen LogP contribution in [0.1, 0.15) is 24.1 Å². The Hall–Kier alpha value is -3.46. The molecule has 2 aliphatic heterocycles. The Morgan fingerprint density at radius 2 is 1.90 bits per heavy atom. The standard InChI is InChI=1S/C22H24N8O/c1-28-20-17(13-24-28)19(23)25-21(26-20)29-10-8-22(9-11-29)18-15(7-12-31-22)14-30(27-18)16-5-3-2-4-6-16/h2-6,13-14H,7-12H2,1H3,(H2,23,25,26). The van der Waals surface area contributed by atoms with E-state index in [0.29, 0.717) is 11.8 Å². The molecule has 0 atom stereocenters. The monoisotopic (exact) mass is 416 g/mol. The van der Waals surface area contributed by atoms with Crippen molar-refractivity contribution in [3.05, 3.63) is 54.0 Å². The molecule has 1 spiro atoms. The number of nitrogens with zero attached hydrogens (tertiary/aromatic N) is 7. The summed E-state index contributed by atoms with van der Waals surface area (Å²) in [7, 11) is 1.87. The molecule has 1 saturated heterocycles. The average molecular weight is 416 g/mol. The molecule has 0 radical (unpaired) electrons. The maximum Gasteiger partial charge on any atom is 0.229 e. The summed E-state index contributed by atoms with van der Waals surface area (Å²) in [5, 5.41) is 10.00. The molecule has 2 N–H and O–H groups in total. The third kappa shape index (κ3) is 2.88. The first-order chi connectivity index (χ1) is 15.1. The zero-order chi connectivity index (χ0) is 21.0. The van der Waals surface area contributed by atoms with Crippen LogP contribution in [0.25, 0.3) is 16.7 Å². The summed E-state index contributed by atoms with van der Waals surface area (Å²) in [6.45, 7) is 2.28. The number of nitrogen functional groups attached to an aromatic ring is 1. The van der Waals surface area contributed by atoms with Gasteiger partial charge in [-0.15, -0.1) is 0 Å². The van der Waals surface area contributed by atoms with Crippen molar-refractivity contribution in [3.8, 4) is 5.69 Å². The Morgan fingerprint density at radius 1 is 1.10 bits per heavy atom. The van der Waals surface area contributed by atoms with Crippen LogP contribution in [0.3, 0.4) is 0 Å². The van der Waals surface area contributed by atoms with Crippen molar-refractivity contribution >= 4 is 22.8 Å². The molecule has 0 amide bonds. The average Bonchev–Trinajstić information content (AvgIpc) is 3.40. The molecule has 0 saturated carbocycles. The number of hydrogen-bond donors (Lipinski definition) is 1. The summed E-state index contributed by atoms with van der Waals surface area (Å²) in [5.41, 5.74) is 9.98. The number of rotatable bonds is 2. The quantitative estimate of drug-likeness (QED) is 0.535. The lowest BCUT2D eigenvalue weighted by molar-refractivity contribution is -0.0798. The maximum atomic E-state index is 6.38. The molecule has 9 nitrogen and oxygen atoms in total. The van der Waals surface area contributed by atoms with Crippen LogP contribution in [0.2, 0.25) is 0 Å². The van der Waals surface area contributed by atoms with E-state index in [2.05, 4.69) is 33.3 Å². The Bertz CT molecular complexity index is 1250. The molecule has 1 fully saturated rings. The summed E-state index contributed by atoms with van der Waals surface area (Å²) in [5.74, 6) is 1.11. The van der Waals surface area contributed by atoms with Crippen LogP contribution < -0.4 is 10.6 Å². The van der Waals surface area contributed by atoms with Crippen molar-refractivity contribution in [2.24, 2.45) is 7.05 Å². The van der Waals surface area contributed by atoms with Crippen molar-refractivity contribution in [3.63, 3.8) is 0 Å². The van der Waals surface area contributed by atoms with Gasteiger partial charge in [0.05, 0.1) is 29.6 Å². The Morgan fingerprint density at radius 3 is 2.71 bits per heavy atom. The number of aromatic nitrogens is 6. The number of benzene rings is 1. The number of ether oxygens (including phenoxy) is 1. The number of fused-ring (bicyclic) bond motifs is 3. The lowest BCUT2D eigenvalue weighted by Crippen LogP contribution is -2.47. The second-order valence-corrected chi connectivity index (χ2v) is 8.28. The SMILES string of the molecule is Cn1ncc2c(N)nc(N3CCC4(CC3)OCCc3cn(-c5ccccc5)nc34)nc21. The lowest BCUT2D eigenvalue weighted by Gasteiger charge is -2.43. The smallest absolute Gasteiger partial charge is 0.229 e. The van der Waals surface area contributed by atoms with Crippen molar-refractivity contribution in [2.75, 3.05) is 30.3 Å². The van der Waals surface area contributed by atoms with Gasteiger partial charge in [0, 0.05) is 26.3 Å². The van der Waals surface area contributed by atoms with Gasteiger partial charge in [-0.1, -0.05) is 18.2 Å². The van der Waals surface area contributed by atoms with Gasteiger partial charge in [-0.3, -0.25) is 4.68 Å². The fourth-order valence-electron chi connectivity index (χ4n) is 4.74. The van der Waals surface area contributed by atoms with Crippen molar-refractivity contribution < 1.29 is 4.74 Å². The van der Waals surface area contributed by atoms with Crippen LogP contribution in [0.5, 0.6) is 0 Å². The highest BCUT2D eigenvalue weighted by molar-refractivity contribution is 5.86. The molecule has 0 bridgehead atoms. The highest BCUT2D eigenvalue weighted by atomic mass is 16.5. The molecule has 6 rings (SSSR count). The molecule has 158 valence electrons. The molecule has 1 aromatic carbocycles. The van der Waals surface area contributed by atoms with Crippen molar-refractivity contribution in [1.29, 1.82) is 0 Å². The topological polar surface area (TPSA) is 99.9 Å². The molecule has 0 aliphatic carbocycles. The Labute approximate surface area is 179 Å². The van der Waals surface area contributed by atoms with Gasteiger partial charge >= 0.3 is 0 Å². The summed E-state index contributed by atoms with van der Waals surface area (Å²) < 4.78 is 10.1. The summed E-state index contributed by atoms with van der Waals surface area (Å²) in [6, 6.07) is 10.2. The third-order valence-corrected chi connectivity index (χ3v) is 6.46. The van der Waals surface area contributed by atoms with E-state index in [-0.39, 0.29) is 5.60 Å². The molecular formula is C22H24N8O. The molecule has 9 heteroatoms. The van der Waals surface area contributed by atoms with Gasteiger partial charge in [0.25, 0.3) is 0 Å². The number of nitrogens with two attached hydrogens (primary N) is 1. The predicted molar refractivity (Wildman–Crippen MR) is 117 cm³/mol. The summed E-state index contributed by atoms with van der Waals surface area (Å²) in [4.78, 5) is 11.4. The molecule has 0 unspecified atom stereocenters. The van der Waals surface area contributed by atoms with E-state index in [1.807, 2.05) is 29.9 Å². The normalized spacial score (nSPS) is 17.9. The first kappa shape index (κ1) is 18.3. The van der Waals surface area contributed by atoms with Crippen LogP contribution >= 0.6 is 0 Å². The first-order valence-electron chi connectivity index (χ1n) is 10.6. The molecule has 3 aromatic heterocycles. The molecule has 2 aliphatic rings. The Kier molecular flexibility index (Phi) is 4.01. The van der Waals surface area contributed by atoms with Gasteiger partial charge < -0.3 is 15.4 Å². The summed E-state index contributed by atoms with van der Waals surface area (Å²) >= 11 is 0.